The van der Waals surface area contributed by atoms with Crippen molar-refractivity contribution in [2.45, 2.75) is 26.7 Å². The van der Waals surface area contributed by atoms with E-state index in [1.165, 1.54) is 4.31 Å². The Morgan fingerprint density at radius 1 is 1.26 bits per heavy atom. The number of halogens is 2. The summed E-state index contributed by atoms with van der Waals surface area (Å²) in [6.07, 6.45) is 1.66. The fraction of sp³-hybridized carbons (Fsp3) is 0.533. The first kappa shape index (κ1) is 19.5. The number of rotatable bonds is 8. The lowest BCUT2D eigenvalue weighted by atomic mass is 10.1. The second-order valence-corrected chi connectivity index (χ2v) is 7.75. The lowest BCUT2D eigenvalue weighted by molar-refractivity contribution is -0.116. The standard InChI is InChI=1S/C15H22F2N2O3S/c1-11(2)6-8-19(23(3,21)22)9-7-15(20)18-14-5-4-12(16)10-13(14)17/h4-5,10-11H,6-9H2,1-3H3,(H,18,20). The molecule has 0 aliphatic heterocycles. The zero-order valence-electron chi connectivity index (χ0n) is 13.5. The first-order chi connectivity index (χ1) is 10.6. The van der Waals surface area contributed by atoms with Gasteiger partial charge in [0.15, 0.2) is 0 Å². The van der Waals surface area contributed by atoms with Crippen LogP contribution in [0.2, 0.25) is 0 Å². The van der Waals surface area contributed by atoms with Gasteiger partial charge in [0.25, 0.3) is 0 Å². The van der Waals surface area contributed by atoms with E-state index < -0.39 is 27.6 Å². The molecule has 23 heavy (non-hydrogen) atoms. The monoisotopic (exact) mass is 348 g/mol. The van der Waals surface area contributed by atoms with Crippen LogP contribution in [-0.4, -0.2) is 38.0 Å². The van der Waals surface area contributed by atoms with Crippen molar-refractivity contribution >= 4 is 21.6 Å². The molecule has 1 amide bonds. The number of carbonyl (C=O) groups excluding carboxylic acids is 1. The van der Waals surface area contributed by atoms with Gasteiger partial charge in [-0.2, -0.15) is 0 Å². The number of nitrogens with one attached hydrogen (secondary N) is 1. The summed E-state index contributed by atoms with van der Waals surface area (Å²) >= 11 is 0. The summed E-state index contributed by atoms with van der Waals surface area (Å²) in [5.74, 6) is -1.81. The number of hydrogen-bond acceptors (Lipinski definition) is 3. The van der Waals surface area contributed by atoms with Crippen LogP contribution in [0.4, 0.5) is 14.5 Å². The maximum atomic E-state index is 13.4. The maximum Gasteiger partial charge on any atom is 0.225 e. The number of nitrogens with zero attached hydrogens (tertiary/aromatic N) is 1. The Kier molecular flexibility index (Phi) is 7.08. The van der Waals surface area contributed by atoms with Gasteiger partial charge in [0.05, 0.1) is 11.9 Å². The van der Waals surface area contributed by atoms with Gasteiger partial charge in [-0.1, -0.05) is 13.8 Å². The lowest BCUT2D eigenvalue weighted by Crippen LogP contribution is -2.34. The highest BCUT2D eigenvalue weighted by Gasteiger charge is 2.18. The third kappa shape index (κ3) is 7.04. The van der Waals surface area contributed by atoms with Crippen LogP contribution in [0, 0.1) is 17.6 Å². The Bertz CT molecular complexity index is 648. The first-order valence-electron chi connectivity index (χ1n) is 7.29. The Balaban J connectivity index is 2.61. The van der Waals surface area contributed by atoms with Crippen molar-refractivity contribution in [1.82, 2.24) is 4.31 Å². The zero-order chi connectivity index (χ0) is 17.6. The number of anilines is 1. The molecule has 0 unspecified atom stereocenters. The van der Waals surface area contributed by atoms with E-state index in [-0.39, 0.29) is 18.7 Å². The number of carbonyl (C=O) groups is 1. The molecule has 0 aromatic heterocycles. The van der Waals surface area contributed by atoms with Gasteiger partial charge in [-0.15, -0.1) is 0 Å². The van der Waals surface area contributed by atoms with Crippen molar-refractivity contribution in [1.29, 1.82) is 0 Å². The summed E-state index contributed by atoms with van der Waals surface area (Å²) in [5.41, 5.74) is -0.135. The van der Waals surface area contributed by atoms with E-state index in [9.17, 15) is 22.0 Å². The highest BCUT2D eigenvalue weighted by atomic mass is 32.2. The summed E-state index contributed by atoms with van der Waals surface area (Å²) < 4.78 is 50.9. The predicted molar refractivity (Wildman–Crippen MR) is 85.5 cm³/mol. The van der Waals surface area contributed by atoms with Crippen LogP contribution in [0.5, 0.6) is 0 Å². The van der Waals surface area contributed by atoms with Crippen LogP contribution >= 0.6 is 0 Å². The molecule has 8 heteroatoms. The fourth-order valence-corrected chi connectivity index (χ4v) is 2.74. The minimum Gasteiger partial charge on any atom is -0.324 e. The topological polar surface area (TPSA) is 66.5 Å². The molecule has 0 atom stereocenters. The van der Waals surface area contributed by atoms with E-state index in [1.54, 1.807) is 0 Å². The number of sulfonamides is 1. The van der Waals surface area contributed by atoms with E-state index in [0.717, 1.165) is 18.4 Å². The molecule has 1 aromatic rings. The fourth-order valence-electron chi connectivity index (χ4n) is 1.88. The van der Waals surface area contributed by atoms with Crippen LogP contribution in [0.25, 0.3) is 0 Å². The van der Waals surface area contributed by atoms with Gasteiger partial charge in [0.2, 0.25) is 15.9 Å². The molecule has 0 bridgehead atoms. The molecule has 5 nitrogen and oxygen atoms in total. The Hall–Kier alpha value is -1.54. The third-order valence-electron chi connectivity index (χ3n) is 3.22. The quantitative estimate of drug-likeness (QED) is 0.785. The Morgan fingerprint density at radius 2 is 1.91 bits per heavy atom. The number of amides is 1. The van der Waals surface area contributed by atoms with Gasteiger partial charge < -0.3 is 5.32 Å². The summed E-state index contributed by atoms with van der Waals surface area (Å²) in [6, 6.07) is 2.82. The van der Waals surface area contributed by atoms with E-state index in [4.69, 9.17) is 0 Å². The molecule has 0 fully saturated rings. The van der Waals surface area contributed by atoms with Crippen molar-refractivity contribution in [2.75, 3.05) is 24.7 Å². The molecular formula is C15H22F2N2O3S. The van der Waals surface area contributed by atoms with Crippen LogP contribution < -0.4 is 5.32 Å². The number of benzene rings is 1. The molecule has 1 rings (SSSR count). The van der Waals surface area contributed by atoms with E-state index >= 15 is 0 Å². The van der Waals surface area contributed by atoms with E-state index in [1.807, 2.05) is 13.8 Å². The summed E-state index contributed by atoms with van der Waals surface area (Å²) in [5, 5.41) is 2.31. The minimum atomic E-state index is -3.41. The van der Waals surface area contributed by atoms with Gasteiger partial charge >= 0.3 is 0 Å². The normalized spacial score (nSPS) is 12.0. The highest BCUT2D eigenvalue weighted by molar-refractivity contribution is 7.88. The van der Waals surface area contributed by atoms with Crippen molar-refractivity contribution in [3.63, 3.8) is 0 Å². The lowest BCUT2D eigenvalue weighted by Gasteiger charge is -2.20. The van der Waals surface area contributed by atoms with Crippen molar-refractivity contribution in [3.05, 3.63) is 29.8 Å². The molecule has 1 aromatic carbocycles. The molecule has 0 radical (unpaired) electrons. The van der Waals surface area contributed by atoms with Crippen molar-refractivity contribution < 1.29 is 22.0 Å². The Morgan fingerprint density at radius 3 is 2.43 bits per heavy atom. The second kappa shape index (κ2) is 8.35. The van der Waals surface area contributed by atoms with Gasteiger partial charge in [0, 0.05) is 25.6 Å². The predicted octanol–water partition coefficient (Wildman–Crippen LogP) is 2.60. The molecule has 0 heterocycles. The smallest absolute Gasteiger partial charge is 0.225 e. The summed E-state index contributed by atoms with van der Waals surface area (Å²) in [7, 11) is -3.41. The van der Waals surface area contributed by atoms with Crippen LogP contribution in [0.3, 0.4) is 0 Å². The van der Waals surface area contributed by atoms with E-state index in [2.05, 4.69) is 5.32 Å². The van der Waals surface area contributed by atoms with Crippen LogP contribution in [0.15, 0.2) is 18.2 Å². The zero-order valence-corrected chi connectivity index (χ0v) is 14.3. The molecular weight excluding hydrogens is 326 g/mol. The maximum absolute atomic E-state index is 13.4. The average Bonchev–Trinajstić information content (AvgIpc) is 2.40. The Labute approximate surface area is 135 Å². The highest BCUT2D eigenvalue weighted by Crippen LogP contribution is 2.15. The minimum absolute atomic E-state index is 0.0141. The molecule has 0 saturated carbocycles. The van der Waals surface area contributed by atoms with E-state index in [0.29, 0.717) is 24.9 Å². The third-order valence-corrected chi connectivity index (χ3v) is 4.52. The summed E-state index contributed by atoms with van der Waals surface area (Å²) in [6.45, 7) is 4.30. The number of hydrogen-bond donors (Lipinski definition) is 1. The molecule has 0 aliphatic rings. The van der Waals surface area contributed by atoms with Crippen LogP contribution in [0.1, 0.15) is 26.7 Å². The van der Waals surface area contributed by atoms with Crippen molar-refractivity contribution in [3.8, 4) is 0 Å². The average molecular weight is 348 g/mol. The van der Waals surface area contributed by atoms with Crippen molar-refractivity contribution in [2.24, 2.45) is 5.92 Å². The molecule has 0 spiro atoms. The van der Waals surface area contributed by atoms with Gasteiger partial charge in [-0.3, -0.25) is 4.79 Å². The first-order valence-corrected chi connectivity index (χ1v) is 9.14. The summed E-state index contributed by atoms with van der Waals surface area (Å²) in [4.78, 5) is 11.8. The van der Waals surface area contributed by atoms with Crippen LogP contribution in [-0.2, 0) is 14.8 Å². The van der Waals surface area contributed by atoms with Gasteiger partial charge in [-0.25, -0.2) is 21.5 Å². The molecule has 0 aliphatic carbocycles. The van der Waals surface area contributed by atoms with Gasteiger partial charge in [-0.05, 0) is 24.5 Å². The molecule has 1 N–H and O–H groups in total. The second-order valence-electron chi connectivity index (χ2n) is 5.77. The SMILES string of the molecule is CC(C)CCN(CCC(=O)Nc1ccc(F)cc1F)S(C)(=O)=O. The molecule has 0 saturated heterocycles. The van der Waals surface area contributed by atoms with Gasteiger partial charge in [0.1, 0.15) is 11.6 Å². The largest absolute Gasteiger partial charge is 0.324 e. The molecule has 130 valence electrons.